The molecule has 0 amide bonds. The molecular weight excluding hydrogens is 304 g/mol. The maximum absolute atomic E-state index is 11.1. The first-order valence-electron chi connectivity index (χ1n) is 5.89. The van der Waals surface area contributed by atoms with Gasteiger partial charge in [0.25, 0.3) is 0 Å². The van der Waals surface area contributed by atoms with Crippen molar-refractivity contribution in [2.45, 2.75) is 6.92 Å². The molecule has 0 spiro atoms. The molecule has 0 atom stereocenters. The Kier molecular flexibility index (Phi) is 2.95. The minimum absolute atomic E-state index is 0.468. The molecule has 0 aliphatic heterocycles. The number of nitrogens with zero attached hydrogens (tertiary/aromatic N) is 2. The number of imidazole rings is 1. The summed E-state index contributed by atoms with van der Waals surface area (Å²) < 4.78 is 2.95. The van der Waals surface area contributed by atoms with Crippen molar-refractivity contribution >= 4 is 27.7 Å². The van der Waals surface area contributed by atoms with Crippen molar-refractivity contribution in [1.82, 2.24) is 9.38 Å². The van der Waals surface area contributed by atoms with Crippen molar-refractivity contribution in [3.63, 3.8) is 0 Å². The molecule has 0 fully saturated rings. The van der Waals surface area contributed by atoms with Gasteiger partial charge in [0.2, 0.25) is 0 Å². The van der Waals surface area contributed by atoms with E-state index in [1.165, 1.54) is 0 Å². The van der Waals surface area contributed by atoms with Crippen molar-refractivity contribution in [2.75, 3.05) is 0 Å². The molecule has 0 unspecified atom stereocenters. The van der Waals surface area contributed by atoms with Gasteiger partial charge in [-0.25, -0.2) is 4.98 Å². The number of benzene rings is 1. The Bertz CT molecular complexity index is 777. The van der Waals surface area contributed by atoms with E-state index in [0.717, 1.165) is 33.2 Å². The van der Waals surface area contributed by atoms with E-state index in [1.807, 2.05) is 53.9 Å². The van der Waals surface area contributed by atoms with Gasteiger partial charge >= 0.3 is 0 Å². The lowest BCUT2D eigenvalue weighted by Gasteiger charge is -2.03. The van der Waals surface area contributed by atoms with E-state index in [1.54, 1.807) is 0 Å². The van der Waals surface area contributed by atoms with Gasteiger partial charge in [0.05, 0.1) is 5.52 Å². The van der Waals surface area contributed by atoms with Crippen LogP contribution in [0.4, 0.5) is 0 Å². The van der Waals surface area contributed by atoms with Gasteiger partial charge in [-0.3, -0.25) is 9.20 Å². The van der Waals surface area contributed by atoms with Crippen LogP contribution in [0.1, 0.15) is 16.1 Å². The Hall–Kier alpha value is -1.94. The lowest BCUT2D eigenvalue weighted by Crippen LogP contribution is -1.90. The zero-order chi connectivity index (χ0) is 13.4. The fraction of sp³-hybridized carbons (Fsp3) is 0.0667. The number of hydrogen-bond donors (Lipinski definition) is 0. The second-order valence-electron chi connectivity index (χ2n) is 4.41. The largest absolute Gasteiger partial charge is 0.299 e. The molecular formula is C15H11BrN2O. The van der Waals surface area contributed by atoms with Crippen LogP contribution in [0.3, 0.4) is 0 Å². The van der Waals surface area contributed by atoms with E-state index in [-0.39, 0.29) is 0 Å². The third kappa shape index (κ3) is 2.08. The van der Waals surface area contributed by atoms with Crippen LogP contribution in [-0.4, -0.2) is 15.7 Å². The maximum Gasteiger partial charge on any atom is 0.170 e. The monoisotopic (exact) mass is 314 g/mol. The summed E-state index contributed by atoms with van der Waals surface area (Å²) in [4.78, 5) is 15.6. The van der Waals surface area contributed by atoms with Crippen molar-refractivity contribution < 1.29 is 4.79 Å². The molecule has 0 radical (unpaired) electrons. The normalized spacial score (nSPS) is 10.8. The highest BCUT2D eigenvalue weighted by atomic mass is 79.9. The number of fused-ring (bicyclic) bond motifs is 1. The Morgan fingerprint density at radius 1 is 1.26 bits per heavy atom. The third-order valence-electron chi connectivity index (χ3n) is 3.01. The van der Waals surface area contributed by atoms with Gasteiger partial charge in [0.1, 0.15) is 11.5 Å². The molecule has 2 heterocycles. The predicted octanol–water partition coefficient (Wildman–Crippen LogP) is 3.88. The van der Waals surface area contributed by atoms with Crippen LogP contribution in [0.25, 0.3) is 16.9 Å². The summed E-state index contributed by atoms with van der Waals surface area (Å²) in [5.74, 6) is 0.780. The highest BCUT2D eigenvalue weighted by Crippen LogP contribution is 2.25. The molecule has 0 bridgehead atoms. The molecule has 94 valence electrons. The number of pyridine rings is 1. The van der Waals surface area contributed by atoms with Crippen molar-refractivity contribution in [2.24, 2.45) is 0 Å². The topological polar surface area (TPSA) is 34.4 Å². The molecule has 19 heavy (non-hydrogen) atoms. The smallest absolute Gasteiger partial charge is 0.170 e. The number of aldehydes is 1. The molecule has 3 aromatic rings. The van der Waals surface area contributed by atoms with E-state index in [0.29, 0.717) is 5.69 Å². The first kappa shape index (κ1) is 12.1. The summed E-state index contributed by atoms with van der Waals surface area (Å²) in [6.07, 6.45) is 2.79. The van der Waals surface area contributed by atoms with E-state index < -0.39 is 0 Å². The van der Waals surface area contributed by atoms with Crippen LogP contribution in [0.2, 0.25) is 0 Å². The van der Waals surface area contributed by atoms with E-state index >= 15 is 0 Å². The minimum Gasteiger partial charge on any atom is -0.299 e. The zero-order valence-corrected chi connectivity index (χ0v) is 11.9. The molecule has 3 rings (SSSR count). The highest BCUT2D eigenvalue weighted by Gasteiger charge is 2.12. The second-order valence-corrected chi connectivity index (χ2v) is 5.33. The average molecular weight is 315 g/mol. The van der Waals surface area contributed by atoms with Crippen molar-refractivity contribution in [1.29, 1.82) is 0 Å². The number of carbonyl (C=O) groups excluding carboxylic acids is 1. The van der Waals surface area contributed by atoms with Gasteiger partial charge in [-0.05, 0) is 30.7 Å². The van der Waals surface area contributed by atoms with Gasteiger partial charge in [-0.15, -0.1) is 0 Å². The van der Waals surface area contributed by atoms with Crippen molar-refractivity contribution in [3.05, 3.63) is 58.3 Å². The number of carbonyl (C=O) groups is 1. The SMILES string of the molecule is Cc1ccc2c(C=O)nc(-c3cccc(Br)c3)n2c1. The van der Waals surface area contributed by atoms with Gasteiger partial charge in [0, 0.05) is 16.2 Å². The van der Waals surface area contributed by atoms with Crippen LogP contribution >= 0.6 is 15.9 Å². The van der Waals surface area contributed by atoms with Gasteiger partial charge < -0.3 is 0 Å². The maximum atomic E-state index is 11.1. The molecule has 0 N–H and O–H groups in total. The summed E-state index contributed by atoms with van der Waals surface area (Å²) in [6, 6.07) is 11.8. The van der Waals surface area contributed by atoms with Crippen LogP contribution in [0.5, 0.6) is 0 Å². The third-order valence-corrected chi connectivity index (χ3v) is 3.50. The molecule has 0 aliphatic rings. The fourth-order valence-corrected chi connectivity index (χ4v) is 2.53. The number of aryl methyl sites for hydroxylation is 1. The molecule has 0 saturated carbocycles. The summed E-state index contributed by atoms with van der Waals surface area (Å²) in [5.41, 5.74) is 3.40. The first-order chi connectivity index (χ1) is 9.19. The van der Waals surface area contributed by atoms with E-state index in [4.69, 9.17) is 0 Å². The summed E-state index contributed by atoms with van der Waals surface area (Å²) in [6.45, 7) is 2.02. The Labute approximate surface area is 119 Å². The Morgan fingerprint density at radius 3 is 2.84 bits per heavy atom. The lowest BCUT2D eigenvalue weighted by molar-refractivity contribution is 0.112. The number of aromatic nitrogens is 2. The summed E-state index contributed by atoms with van der Waals surface area (Å²) >= 11 is 3.46. The number of rotatable bonds is 2. The first-order valence-corrected chi connectivity index (χ1v) is 6.68. The summed E-state index contributed by atoms with van der Waals surface area (Å²) in [5, 5.41) is 0. The average Bonchev–Trinajstić information content (AvgIpc) is 2.76. The van der Waals surface area contributed by atoms with E-state index in [9.17, 15) is 4.79 Å². The fourth-order valence-electron chi connectivity index (χ4n) is 2.13. The van der Waals surface area contributed by atoms with E-state index in [2.05, 4.69) is 20.9 Å². The van der Waals surface area contributed by atoms with Crippen LogP contribution < -0.4 is 0 Å². The minimum atomic E-state index is 0.468. The Morgan fingerprint density at radius 2 is 2.11 bits per heavy atom. The molecule has 0 aliphatic carbocycles. The highest BCUT2D eigenvalue weighted by molar-refractivity contribution is 9.10. The van der Waals surface area contributed by atoms with Gasteiger partial charge in [-0.2, -0.15) is 0 Å². The Balaban J connectivity index is 2.34. The predicted molar refractivity (Wildman–Crippen MR) is 78.5 cm³/mol. The summed E-state index contributed by atoms with van der Waals surface area (Å²) in [7, 11) is 0. The molecule has 1 aromatic carbocycles. The van der Waals surface area contributed by atoms with Crippen LogP contribution in [0, 0.1) is 6.92 Å². The zero-order valence-electron chi connectivity index (χ0n) is 10.3. The molecule has 0 saturated heterocycles. The number of halogens is 1. The standard InChI is InChI=1S/C15H11BrN2O/c1-10-5-6-14-13(9-19)17-15(18(14)8-10)11-3-2-4-12(16)7-11/h2-9H,1H3. The molecule has 4 heteroatoms. The molecule has 2 aromatic heterocycles. The molecule has 3 nitrogen and oxygen atoms in total. The van der Waals surface area contributed by atoms with Crippen LogP contribution in [-0.2, 0) is 0 Å². The second kappa shape index (κ2) is 4.63. The van der Waals surface area contributed by atoms with Crippen molar-refractivity contribution in [3.8, 4) is 11.4 Å². The van der Waals surface area contributed by atoms with Gasteiger partial charge in [-0.1, -0.05) is 34.1 Å². The number of hydrogen-bond acceptors (Lipinski definition) is 2. The van der Waals surface area contributed by atoms with Gasteiger partial charge in [0.15, 0.2) is 6.29 Å². The van der Waals surface area contributed by atoms with Crippen LogP contribution in [0.15, 0.2) is 47.1 Å². The lowest BCUT2D eigenvalue weighted by atomic mass is 10.2. The quantitative estimate of drug-likeness (QED) is 0.673.